The summed E-state index contributed by atoms with van der Waals surface area (Å²) in [5.74, 6) is -4.40. The highest BCUT2D eigenvalue weighted by atomic mass is 32.2. The molecule has 11 heteroatoms. The van der Waals surface area contributed by atoms with E-state index in [1.807, 2.05) is 0 Å². The molecular weight excluding hydrogens is 420 g/mol. The van der Waals surface area contributed by atoms with Gasteiger partial charge in [0.05, 0.1) is 23.6 Å². The molecule has 1 aromatic carbocycles. The zero-order valence-corrected chi connectivity index (χ0v) is 16.5. The van der Waals surface area contributed by atoms with Gasteiger partial charge in [0, 0.05) is 10.8 Å². The van der Waals surface area contributed by atoms with E-state index in [2.05, 4.69) is 9.72 Å². The maximum Gasteiger partial charge on any atom is 0.337 e. The monoisotopic (exact) mass is 434 g/mol. The smallest absolute Gasteiger partial charge is 0.337 e. The van der Waals surface area contributed by atoms with Crippen LogP contribution < -0.4 is 4.87 Å². The normalized spacial score (nSPS) is 22.9. The number of carbonyl (C=O) groups is 4. The number of hydrogen-bond acceptors (Lipinski definition) is 8. The van der Waals surface area contributed by atoms with Crippen molar-refractivity contribution in [1.29, 1.82) is 0 Å². The lowest BCUT2D eigenvalue weighted by molar-refractivity contribution is -0.149. The number of fused-ring (bicyclic) bond motifs is 2. The van der Waals surface area contributed by atoms with E-state index in [1.54, 1.807) is 24.3 Å². The highest BCUT2D eigenvalue weighted by Gasteiger charge is 2.56. The standard InChI is InChI=1S/C18H14N2O7S2/c1-27-17(25)8-4-2-7(3-5-8)10-11-13(28-14-12(10)29-18(26)19-14)16(24)20(15(11)23)6-9(21)22/h2-5,10-11,13H,6H2,1H3,(H,19,26)(H,21,22). The van der Waals surface area contributed by atoms with Gasteiger partial charge in [-0.3, -0.25) is 24.1 Å². The van der Waals surface area contributed by atoms with Crippen molar-refractivity contribution in [3.8, 4) is 0 Å². The van der Waals surface area contributed by atoms with Crippen LogP contribution >= 0.6 is 23.1 Å². The maximum atomic E-state index is 13.0. The Balaban J connectivity index is 1.80. The summed E-state index contributed by atoms with van der Waals surface area (Å²) >= 11 is 2.03. The maximum absolute atomic E-state index is 13.0. The molecule has 2 amide bonds. The van der Waals surface area contributed by atoms with Crippen LogP contribution in [0.2, 0.25) is 0 Å². The van der Waals surface area contributed by atoms with Gasteiger partial charge in [0.1, 0.15) is 11.8 Å². The van der Waals surface area contributed by atoms with Crippen LogP contribution in [-0.4, -0.2) is 57.6 Å². The summed E-state index contributed by atoms with van der Waals surface area (Å²) in [4.78, 5) is 64.2. The summed E-state index contributed by atoms with van der Waals surface area (Å²) in [6, 6.07) is 6.39. The number of H-pyrrole nitrogens is 1. The molecule has 3 unspecified atom stereocenters. The van der Waals surface area contributed by atoms with Crippen LogP contribution in [-0.2, 0) is 19.1 Å². The van der Waals surface area contributed by atoms with Crippen LogP contribution in [0.1, 0.15) is 26.7 Å². The number of esters is 1. The highest BCUT2D eigenvalue weighted by molar-refractivity contribution is 8.00. The number of aromatic nitrogens is 1. The molecule has 2 aromatic rings. The Morgan fingerprint density at radius 1 is 1.17 bits per heavy atom. The SMILES string of the molecule is COC(=O)c1ccc(C2c3sc(=O)[nH]c3SC3C(=O)N(CC(=O)O)C(=O)C32)cc1. The molecule has 2 aliphatic heterocycles. The first-order valence-electron chi connectivity index (χ1n) is 8.46. The molecule has 0 radical (unpaired) electrons. The number of carboxylic acids is 1. The number of ether oxygens (including phenoxy) is 1. The number of carboxylic acid groups (broad SMARTS) is 1. The predicted molar refractivity (Wildman–Crippen MR) is 102 cm³/mol. The van der Waals surface area contributed by atoms with E-state index in [1.165, 1.54) is 7.11 Å². The lowest BCUT2D eigenvalue weighted by Gasteiger charge is -2.29. The number of imide groups is 1. The lowest BCUT2D eigenvalue weighted by atomic mass is 9.83. The van der Waals surface area contributed by atoms with Crippen LogP contribution in [0.15, 0.2) is 34.1 Å². The van der Waals surface area contributed by atoms with E-state index in [4.69, 9.17) is 5.11 Å². The zero-order chi connectivity index (χ0) is 20.9. The number of rotatable bonds is 4. The lowest BCUT2D eigenvalue weighted by Crippen LogP contribution is -2.36. The number of thiazole rings is 1. The predicted octanol–water partition coefficient (Wildman–Crippen LogP) is 0.899. The summed E-state index contributed by atoms with van der Waals surface area (Å²) in [5, 5.41) is 8.73. The minimum Gasteiger partial charge on any atom is -0.480 e. The molecule has 29 heavy (non-hydrogen) atoms. The molecule has 1 saturated heterocycles. The molecule has 9 nitrogen and oxygen atoms in total. The van der Waals surface area contributed by atoms with Crippen LogP contribution in [0, 0.1) is 5.92 Å². The number of nitrogens with one attached hydrogen (secondary N) is 1. The molecule has 1 aromatic heterocycles. The second-order valence-electron chi connectivity index (χ2n) is 6.52. The molecule has 150 valence electrons. The molecule has 3 atom stereocenters. The van der Waals surface area contributed by atoms with Gasteiger partial charge in [0.2, 0.25) is 11.8 Å². The quantitative estimate of drug-likeness (QED) is 0.536. The molecule has 0 aliphatic carbocycles. The number of hydrogen-bond donors (Lipinski definition) is 2. The minimum atomic E-state index is -1.28. The Kier molecular flexibility index (Phi) is 4.79. The molecule has 2 N–H and O–H groups in total. The van der Waals surface area contributed by atoms with Crippen molar-refractivity contribution in [2.45, 2.75) is 16.2 Å². The molecule has 0 spiro atoms. The number of aliphatic carboxylic acids is 1. The fourth-order valence-corrected chi connectivity index (χ4v) is 6.21. The Labute approximate surface area is 171 Å². The largest absolute Gasteiger partial charge is 0.480 e. The number of methoxy groups -OCH3 is 1. The summed E-state index contributed by atoms with van der Waals surface area (Å²) in [7, 11) is 1.27. The third kappa shape index (κ3) is 3.15. The van der Waals surface area contributed by atoms with E-state index in [0.29, 0.717) is 21.0 Å². The van der Waals surface area contributed by atoms with Crippen molar-refractivity contribution >= 4 is 46.9 Å². The van der Waals surface area contributed by atoms with E-state index < -0.39 is 47.4 Å². The molecule has 3 heterocycles. The topological polar surface area (TPSA) is 134 Å². The highest BCUT2D eigenvalue weighted by Crippen LogP contribution is 2.52. The number of benzene rings is 1. The van der Waals surface area contributed by atoms with Crippen molar-refractivity contribution < 1.29 is 29.0 Å². The summed E-state index contributed by atoms with van der Waals surface area (Å²) in [6.45, 7) is -0.705. The van der Waals surface area contributed by atoms with Crippen molar-refractivity contribution in [1.82, 2.24) is 9.88 Å². The Bertz CT molecular complexity index is 1090. The van der Waals surface area contributed by atoms with Gasteiger partial charge in [-0.05, 0) is 17.7 Å². The molecule has 1 fully saturated rings. The summed E-state index contributed by atoms with van der Waals surface area (Å²) in [5.41, 5.74) is 0.963. The molecule has 4 rings (SSSR count). The number of nitrogens with zero attached hydrogens (tertiary/aromatic N) is 1. The third-order valence-corrected chi connectivity index (χ3v) is 7.30. The summed E-state index contributed by atoms with van der Waals surface area (Å²) < 4.78 is 4.69. The fourth-order valence-electron chi connectivity index (χ4n) is 3.67. The first-order chi connectivity index (χ1) is 13.8. The van der Waals surface area contributed by atoms with Gasteiger partial charge in [0.15, 0.2) is 0 Å². The van der Waals surface area contributed by atoms with Crippen molar-refractivity contribution in [3.63, 3.8) is 0 Å². The van der Waals surface area contributed by atoms with Crippen molar-refractivity contribution in [2.24, 2.45) is 5.92 Å². The number of likely N-dealkylation sites (tertiary alicyclic amines) is 1. The van der Waals surface area contributed by atoms with Crippen LogP contribution in [0.4, 0.5) is 0 Å². The average Bonchev–Trinajstić information content (AvgIpc) is 3.18. The number of aromatic amines is 1. The molecule has 2 aliphatic rings. The first-order valence-corrected chi connectivity index (χ1v) is 10.2. The van der Waals surface area contributed by atoms with Crippen molar-refractivity contribution in [3.05, 3.63) is 49.9 Å². The van der Waals surface area contributed by atoms with Crippen LogP contribution in [0.3, 0.4) is 0 Å². The van der Waals surface area contributed by atoms with Crippen LogP contribution in [0.5, 0.6) is 0 Å². The van der Waals surface area contributed by atoms with Gasteiger partial charge < -0.3 is 14.8 Å². The third-order valence-electron chi connectivity index (χ3n) is 4.90. The van der Waals surface area contributed by atoms with Gasteiger partial charge >= 0.3 is 16.8 Å². The molecule has 0 saturated carbocycles. The van der Waals surface area contributed by atoms with Gasteiger partial charge in [-0.15, -0.1) is 0 Å². The first kappa shape index (κ1) is 19.4. The fraction of sp³-hybridized carbons (Fsp3) is 0.278. The Hall–Kier alpha value is -2.92. The molecular formula is C18H14N2O7S2. The molecule has 0 bridgehead atoms. The minimum absolute atomic E-state index is 0.305. The van der Waals surface area contributed by atoms with Gasteiger partial charge in [0.25, 0.3) is 0 Å². The van der Waals surface area contributed by atoms with Gasteiger partial charge in [-0.2, -0.15) is 0 Å². The van der Waals surface area contributed by atoms with E-state index in [0.717, 1.165) is 28.0 Å². The Morgan fingerprint density at radius 2 is 1.86 bits per heavy atom. The second kappa shape index (κ2) is 7.16. The second-order valence-corrected chi connectivity index (χ2v) is 8.69. The Morgan fingerprint density at radius 3 is 2.48 bits per heavy atom. The van der Waals surface area contributed by atoms with Crippen molar-refractivity contribution in [2.75, 3.05) is 13.7 Å². The number of carbonyl (C=O) groups excluding carboxylic acids is 3. The van der Waals surface area contributed by atoms with E-state index >= 15 is 0 Å². The zero-order valence-electron chi connectivity index (χ0n) is 14.9. The van der Waals surface area contributed by atoms with Crippen LogP contribution in [0.25, 0.3) is 0 Å². The number of thioether (sulfide) groups is 1. The average molecular weight is 434 g/mol. The summed E-state index contributed by atoms with van der Waals surface area (Å²) in [6.07, 6.45) is 0. The van der Waals surface area contributed by atoms with Gasteiger partial charge in [-0.25, -0.2) is 4.79 Å². The van der Waals surface area contributed by atoms with Gasteiger partial charge in [-0.1, -0.05) is 35.2 Å². The number of amides is 2. The van der Waals surface area contributed by atoms with E-state index in [-0.39, 0.29) is 4.87 Å². The van der Waals surface area contributed by atoms with E-state index in [9.17, 15) is 24.0 Å².